The molecule has 0 saturated heterocycles. The number of nitrogens with zero attached hydrogens (tertiary/aromatic N) is 1. The summed E-state index contributed by atoms with van der Waals surface area (Å²) in [6.07, 6.45) is 9.60. The van der Waals surface area contributed by atoms with E-state index in [4.69, 9.17) is 0 Å². The minimum atomic E-state index is 0.484. The monoisotopic (exact) mass is 421 g/mol. The molecule has 1 saturated carbocycles. The molecule has 1 aliphatic heterocycles. The van der Waals surface area contributed by atoms with Crippen molar-refractivity contribution >= 4 is 34.8 Å². The Hall–Kier alpha value is -2.24. The molecule has 2 heterocycles. The van der Waals surface area contributed by atoms with E-state index in [9.17, 15) is 4.79 Å². The van der Waals surface area contributed by atoms with Crippen molar-refractivity contribution in [3.63, 3.8) is 0 Å². The molecule has 0 bridgehead atoms. The molecule has 3 aromatic rings. The number of para-hydroxylation sites is 1. The lowest BCUT2D eigenvalue weighted by Gasteiger charge is -2.25. The number of rotatable bonds is 4. The lowest BCUT2D eigenvalue weighted by molar-refractivity contribution is 0.112. The number of hydrogen-bond acceptors (Lipinski definition) is 4. The van der Waals surface area contributed by atoms with Gasteiger partial charge in [-0.3, -0.25) is 8.77 Å². The van der Waals surface area contributed by atoms with Crippen molar-refractivity contribution in [3.8, 4) is 11.1 Å². The van der Waals surface area contributed by atoms with Crippen LogP contribution in [0.3, 0.4) is 0 Å². The van der Waals surface area contributed by atoms with Gasteiger partial charge in [0, 0.05) is 39.7 Å². The summed E-state index contributed by atoms with van der Waals surface area (Å²) in [6.45, 7) is 0. The number of nitrogens with one attached hydrogen (secondary N) is 1. The van der Waals surface area contributed by atoms with Crippen molar-refractivity contribution in [1.29, 1.82) is 0 Å². The number of aldehydes is 1. The Morgan fingerprint density at radius 1 is 1.07 bits per heavy atom. The second kappa shape index (κ2) is 9.71. The number of hydrogen-bond donors (Lipinski definition) is 2. The molecule has 158 valence electrons. The summed E-state index contributed by atoms with van der Waals surface area (Å²) in [5, 5.41) is 5.00. The molecule has 0 atom stereocenters. The maximum atomic E-state index is 11.7. The molecule has 0 radical (unpaired) electrons. The molecule has 3 N–H and O–H groups in total. The topological polar surface area (TPSA) is 60.1 Å². The van der Waals surface area contributed by atoms with Crippen LogP contribution in [0.15, 0.2) is 42.5 Å². The van der Waals surface area contributed by atoms with Gasteiger partial charge in [-0.15, -0.1) is 0 Å². The van der Waals surface area contributed by atoms with Crippen molar-refractivity contribution in [2.45, 2.75) is 51.0 Å². The predicted octanol–water partition coefficient (Wildman–Crippen LogP) is 5.88. The van der Waals surface area contributed by atoms with Crippen molar-refractivity contribution in [2.24, 2.45) is 5.73 Å². The number of nitrogens with two attached hydrogens (primary N) is 1. The van der Waals surface area contributed by atoms with Gasteiger partial charge in [-0.05, 0) is 68.4 Å². The van der Waals surface area contributed by atoms with Crippen LogP contribution in [0.4, 0.5) is 5.69 Å². The van der Waals surface area contributed by atoms with Gasteiger partial charge in [0.05, 0.1) is 5.52 Å². The summed E-state index contributed by atoms with van der Waals surface area (Å²) in [7, 11) is 1.50. The van der Waals surface area contributed by atoms with E-state index in [1.807, 2.05) is 18.0 Å². The summed E-state index contributed by atoms with van der Waals surface area (Å²) >= 11 is 1.92. The number of fused-ring (bicyclic) bond motifs is 3. The second-order valence-electron chi connectivity index (χ2n) is 7.97. The fourth-order valence-corrected chi connectivity index (χ4v) is 5.86. The number of anilines is 1. The standard InChI is InChI=1S/C24H26N2OS.CH5N/c27-16-18-13-12-17(15-21(18)25-19-7-2-1-3-8-19)24-20-9-4-5-10-22(20)26-23(24)11-6-14-28-26;1-2/h4-5,9-10,12-13,15-16,19,25H,1-3,6-8,11,14H2;2H2,1H3. The zero-order valence-corrected chi connectivity index (χ0v) is 18.5. The summed E-state index contributed by atoms with van der Waals surface area (Å²) in [6, 6.07) is 15.5. The highest BCUT2D eigenvalue weighted by molar-refractivity contribution is 7.98. The van der Waals surface area contributed by atoms with Gasteiger partial charge in [-0.1, -0.05) is 43.5 Å². The molecule has 1 aliphatic carbocycles. The number of carbonyl (C=O) groups excluding carboxylic acids is 1. The fraction of sp³-hybridized carbons (Fsp3) is 0.400. The van der Waals surface area contributed by atoms with Crippen molar-refractivity contribution in [2.75, 3.05) is 18.1 Å². The van der Waals surface area contributed by atoms with E-state index in [0.29, 0.717) is 6.04 Å². The van der Waals surface area contributed by atoms with E-state index in [1.54, 1.807) is 0 Å². The zero-order chi connectivity index (χ0) is 20.9. The summed E-state index contributed by atoms with van der Waals surface area (Å²) < 4.78 is 2.43. The lowest BCUT2D eigenvalue weighted by atomic mass is 9.94. The average molecular weight is 422 g/mol. The second-order valence-corrected chi connectivity index (χ2v) is 9.00. The molecule has 0 spiro atoms. The highest BCUT2D eigenvalue weighted by Gasteiger charge is 2.22. The Morgan fingerprint density at radius 3 is 2.67 bits per heavy atom. The highest BCUT2D eigenvalue weighted by atomic mass is 32.2. The van der Waals surface area contributed by atoms with E-state index in [1.165, 1.54) is 79.0 Å². The average Bonchev–Trinajstić information content (AvgIpc) is 3.16. The van der Waals surface area contributed by atoms with Gasteiger partial charge in [0.2, 0.25) is 0 Å². The quantitative estimate of drug-likeness (QED) is 0.516. The first-order valence-corrected chi connectivity index (χ1v) is 12.0. The largest absolute Gasteiger partial charge is 0.382 e. The van der Waals surface area contributed by atoms with Crippen LogP contribution in [0.2, 0.25) is 0 Å². The van der Waals surface area contributed by atoms with Gasteiger partial charge in [0.15, 0.2) is 6.29 Å². The third-order valence-electron chi connectivity index (χ3n) is 6.14. The Balaban J connectivity index is 0.00000106. The summed E-state index contributed by atoms with van der Waals surface area (Å²) in [5.74, 6) is 1.17. The first-order valence-electron chi connectivity index (χ1n) is 11.0. The maximum absolute atomic E-state index is 11.7. The van der Waals surface area contributed by atoms with E-state index >= 15 is 0 Å². The highest BCUT2D eigenvalue weighted by Crippen LogP contribution is 2.41. The molecule has 5 rings (SSSR count). The normalized spacial score (nSPS) is 16.5. The Kier molecular flexibility index (Phi) is 6.80. The first kappa shape index (κ1) is 21.0. The Bertz CT molecular complexity index is 1020. The minimum Gasteiger partial charge on any atom is -0.382 e. The van der Waals surface area contributed by atoms with Crippen LogP contribution in [0, 0.1) is 0 Å². The van der Waals surface area contributed by atoms with E-state index in [2.05, 4.69) is 51.4 Å². The van der Waals surface area contributed by atoms with Gasteiger partial charge in [-0.25, -0.2) is 0 Å². The SMILES string of the molecule is CN.O=Cc1ccc(-c2c3n(c4ccccc24)SCCC3)cc1NC1CCCCC1. The zero-order valence-electron chi connectivity index (χ0n) is 17.7. The van der Waals surface area contributed by atoms with E-state index < -0.39 is 0 Å². The number of carbonyl (C=O) groups is 1. The molecule has 30 heavy (non-hydrogen) atoms. The maximum Gasteiger partial charge on any atom is 0.152 e. The molecule has 2 aromatic carbocycles. The smallest absolute Gasteiger partial charge is 0.152 e. The van der Waals surface area contributed by atoms with Crippen LogP contribution in [0.25, 0.3) is 22.0 Å². The fourth-order valence-electron chi connectivity index (χ4n) is 4.76. The van der Waals surface area contributed by atoms with Crippen LogP contribution in [-0.2, 0) is 6.42 Å². The number of aromatic nitrogens is 1. The van der Waals surface area contributed by atoms with Crippen LogP contribution in [0.1, 0.15) is 54.6 Å². The van der Waals surface area contributed by atoms with Crippen LogP contribution < -0.4 is 11.1 Å². The summed E-state index contributed by atoms with van der Waals surface area (Å²) in [5.41, 5.74) is 11.5. The van der Waals surface area contributed by atoms with E-state index in [0.717, 1.165) is 24.0 Å². The van der Waals surface area contributed by atoms with Gasteiger partial charge in [0.25, 0.3) is 0 Å². The molecule has 0 unspecified atom stereocenters. The first-order chi connectivity index (χ1) is 14.8. The van der Waals surface area contributed by atoms with Crippen LogP contribution >= 0.6 is 11.9 Å². The van der Waals surface area contributed by atoms with Crippen molar-refractivity contribution in [1.82, 2.24) is 3.97 Å². The van der Waals surface area contributed by atoms with Gasteiger partial charge in [0.1, 0.15) is 0 Å². The molecule has 1 fully saturated rings. The molecule has 5 heteroatoms. The molecule has 0 amide bonds. The third kappa shape index (κ3) is 4.01. The number of benzene rings is 2. The predicted molar refractivity (Wildman–Crippen MR) is 130 cm³/mol. The van der Waals surface area contributed by atoms with Crippen molar-refractivity contribution < 1.29 is 4.79 Å². The van der Waals surface area contributed by atoms with Gasteiger partial charge < -0.3 is 11.1 Å². The van der Waals surface area contributed by atoms with Gasteiger partial charge >= 0.3 is 0 Å². The molecular formula is C25H31N3OS. The van der Waals surface area contributed by atoms with Gasteiger partial charge in [-0.2, -0.15) is 0 Å². The molecule has 2 aliphatic rings. The van der Waals surface area contributed by atoms with E-state index in [-0.39, 0.29) is 0 Å². The molecule has 1 aromatic heterocycles. The minimum absolute atomic E-state index is 0.484. The third-order valence-corrected chi connectivity index (χ3v) is 7.28. The molecular weight excluding hydrogens is 390 g/mol. The molecule has 4 nitrogen and oxygen atoms in total. The Labute approximate surface area is 183 Å². The Morgan fingerprint density at radius 2 is 1.87 bits per heavy atom. The lowest BCUT2D eigenvalue weighted by Crippen LogP contribution is -2.22. The van der Waals surface area contributed by atoms with Crippen LogP contribution in [-0.4, -0.2) is 29.1 Å². The van der Waals surface area contributed by atoms with Crippen LogP contribution in [0.5, 0.6) is 0 Å². The summed E-state index contributed by atoms with van der Waals surface area (Å²) in [4.78, 5) is 11.7. The van der Waals surface area contributed by atoms with Crippen molar-refractivity contribution in [3.05, 3.63) is 53.7 Å².